The van der Waals surface area contributed by atoms with Crippen molar-refractivity contribution in [2.45, 2.75) is 19.9 Å². The molecule has 0 aliphatic carbocycles. The summed E-state index contributed by atoms with van der Waals surface area (Å²) in [6.07, 6.45) is 0. The second-order valence-corrected chi connectivity index (χ2v) is 4.54. The van der Waals surface area contributed by atoms with Crippen molar-refractivity contribution in [2.75, 3.05) is 6.54 Å². The van der Waals surface area contributed by atoms with Gasteiger partial charge in [-0.1, -0.05) is 0 Å². The van der Waals surface area contributed by atoms with Crippen molar-refractivity contribution in [3.05, 3.63) is 35.1 Å². The average Bonchev–Trinajstić information content (AvgIpc) is 2.31. The lowest BCUT2D eigenvalue weighted by Gasteiger charge is -2.31. The molecule has 19 heavy (non-hydrogen) atoms. The normalized spacial score (nSPS) is 19.3. The Kier molecular flexibility index (Phi) is 3.33. The summed E-state index contributed by atoms with van der Waals surface area (Å²) in [5.74, 6) is -2.12. The van der Waals surface area contributed by atoms with E-state index in [1.54, 1.807) is 6.92 Å². The summed E-state index contributed by atoms with van der Waals surface area (Å²) in [4.78, 5) is 36.2. The van der Waals surface area contributed by atoms with Crippen LogP contribution in [0.1, 0.15) is 22.8 Å². The van der Waals surface area contributed by atoms with Crippen LogP contribution < -0.4 is 5.32 Å². The second-order valence-electron chi connectivity index (χ2n) is 4.54. The molecule has 3 amide bonds. The number of imide groups is 1. The lowest BCUT2D eigenvalue weighted by molar-refractivity contribution is -0.138. The number of carbonyl (C=O) groups is 3. The number of carbonyl (C=O) groups excluding carboxylic acids is 3. The maximum absolute atomic E-state index is 13.3. The molecule has 0 aromatic heterocycles. The summed E-state index contributed by atoms with van der Waals surface area (Å²) in [7, 11) is 0. The van der Waals surface area contributed by atoms with E-state index in [4.69, 9.17) is 0 Å². The first kappa shape index (κ1) is 13.2. The second kappa shape index (κ2) is 4.79. The van der Waals surface area contributed by atoms with Crippen LogP contribution >= 0.6 is 0 Å². The Bertz CT molecular complexity index is 551. The predicted molar refractivity (Wildman–Crippen MR) is 64.8 cm³/mol. The minimum Gasteiger partial charge on any atom is -0.318 e. The molecule has 1 atom stereocenters. The maximum Gasteiger partial charge on any atom is 0.255 e. The van der Waals surface area contributed by atoms with Crippen LogP contribution in [0.2, 0.25) is 0 Å². The van der Waals surface area contributed by atoms with Gasteiger partial charge in [-0.15, -0.1) is 0 Å². The van der Waals surface area contributed by atoms with Crippen molar-refractivity contribution in [1.29, 1.82) is 0 Å². The standard InChI is InChI=1S/C13H13FN2O3/c1-7-3-9(5-10(14)4-7)13(19)16-6-11(17)15-12(18)8(16)2/h3-5,8H,6H2,1-2H3,(H,15,17,18). The molecule has 1 heterocycles. The van der Waals surface area contributed by atoms with Gasteiger partial charge in [0.1, 0.15) is 18.4 Å². The smallest absolute Gasteiger partial charge is 0.255 e. The molecule has 100 valence electrons. The zero-order chi connectivity index (χ0) is 14.2. The molecule has 2 rings (SSSR count). The minimum absolute atomic E-state index is 0.131. The van der Waals surface area contributed by atoms with E-state index in [0.29, 0.717) is 5.56 Å². The predicted octanol–water partition coefficient (Wildman–Crippen LogP) is 0.621. The Morgan fingerprint density at radius 2 is 2.05 bits per heavy atom. The van der Waals surface area contributed by atoms with Gasteiger partial charge in [-0.3, -0.25) is 19.7 Å². The molecule has 1 aromatic carbocycles. The number of halogens is 1. The van der Waals surface area contributed by atoms with Gasteiger partial charge in [0.05, 0.1) is 0 Å². The molecular formula is C13H13FN2O3. The van der Waals surface area contributed by atoms with E-state index in [0.717, 1.165) is 11.0 Å². The molecule has 1 aromatic rings. The third kappa shape index (κ3) is 2.62. The van der Waals surface area contributed by atoms with Crippen LogP contribution in [0.4, 0.5) is 4.39 Å². The van der Waals surface area contributed by atoms with Gasteiger partial charge in [0.2, 0.25) is 11.8 Å². The zero-order valence-electron chi connectivity index (χ0n) is 10.6. The number of amides is 3. The van der Waals surface area contributed by atoms with Crippen LogP contribution in [-0.2, 0) is 9.59 Å². The number of piperazine rings is 1. The first-order valence-electron chi connectivity index (χ1n) is 5.80. The zero-order valence-corrected chi connectivity index (χ0v) is 10.6. The SMILES string of the molecule is Cc1cc(F)cc(C(=O)N2CC(=O)NC(=O)C2C)c1. The highest BCUT2D eigenvalue weighted by atomic mass is 19.1. The first-order chi connectivity index (χ1) is 8.88. The molecule has 1 aliphatic rings. The number of aryl methyl sites for hydroxylation is 1. The monoisotopic (exact) mass is 264 g/mol. The molecule has 0 radical (unpaired) electrons. The molecule has 1 fully saturated rings. The molecule has 5 nitrogen and oxygen atoms in total. The highest BCUT2D eigenvalue weighted by Crippen LogP contribution is 2.14. The quantitative estimate of drug-likeness (QED) is 0.756. The van der Waals surface area contributed by atoms with Crippen molar-refractivity contribution in [3.8, 4) is 0 Å². The molecular weight excluding hydrogens is 251 g/mol. The number of hydrogen-bond donors (Lipinski definition) is 1. The Hall–Kier alpha value is -2.24. The molecule has 0 spiro atoms. The Morgan fingerprint density at radius 1 is 1.37 bits per heavy atom. The van der Waals surface area contributed by atoms with Crippen molar-refractivity contribution < 1.29 is 18.8 Å². The lowest BCUT2D eigenvalue weighted by atomic mass is 10.1. The Balaban J connectivity index is 2.32. The number of hydrogen-bond acceptors (Lipinski definition) is 3. The van der Waals surface area contributed by atoms with Gasteiger partial charge in [0.15, 0.2) is 0 Å². The first-order valence-corrected chi connectivity index (χ1v) is 5.80. The summed E-state index contributed by atoms with van der Waals surface area (Å²) in [5, 5.41) is 2.14. The summed E-state index contributed by atoms with van der Waals surface area (Å²) >= 11 is 0. The summed E-state index contributed by atoms with van der Waals surface area (Å²) in [5.41, 5.74) is 0.732. The molecule has 0 saturated carbocycles. The summed E-state index contributed by atoms with van der Waals surface area (Å²) < 4.78 is 13.3. The molecule has 0 bridgehead atoms. The van der Waals surface area contributed by atoms with Gasteiger partial charge in [-0.05, 0) is 37.6 Å². The van der Waals surface area contributed by atoms with Crippen molar-refractivity contribution >= 4 is 17.7 Å². The summed E-state index contributed by atoms with van der Waals surface area (Å²) in [6, 6.07) is 3.16. The lowest BCUT2D eigenvalue weighted by Crippen LogP contribution is -2.58. The Labute approximate surface area is 109 Å². The average molecular weight is 264 g/mol. The van der Waals surface area contributed by atoms with Gasteiger partial charge >= 0.3 is 0 Å². The fourth-order valence-electron chi connectivity index (χ4n) is 1.99. The Morgan fingerprint density at radius 3 is 2.68 bits per heavy atom. The van der Waals surface area contributed by atoms with Gasteiger partial charge in [0, 0.05) is 5.56 Å². The van der Waals surface area contributed by atoms with Crippen molar-refractivity contribution in [2.24, 2.45) is 0 Å². The van der Waals surface area contributed by atoms with E-state index in [-0.39, 0.29) is 12.1 Å². The van der Waals surface area contributed by atoms with Crippen LogP contribution in [-0.4, -0.2) is 35.2 Å². The number of nitrogens with zero attached hydrogens (tertiary/aromatic N) is 1. The van der Waals surface area contributed by atoms with Crippen LogP contribution in [0, 0.1) is 12.7 Å². The highest BCUT2D eigenvalue weighted by Gasteiger charge is 2.34. The fraction of sp³-hybridized carbons (Fsp3) is 0.308. The molecule has 6 heteroatoms. The molecule has 1 unspecified atom stereocenters. The minimum atomic E-state index is -0.756. The van der Waals surface area contributed by atoms with E-state index in [1.165, 1.54) is 19.1 Å². The maximum atomic E-state index is 13.3. The van der Waals surface area contributed by atoms with E-state index in [2.05, 4.69) is 5.32 Å². The highest BCUT2D eigenvalue weighted by molar-refractivity contribution is 6.07. The van der Waals surface area contributed by atoms with Crippen molar-refractivity contribution in [3.63, 3.8) is 0 Å². The van der Waals surface area contributed by atoms with Gasteiger partial charge in [-0.2, -0.15) is 0 Å². The largest absolute Gasteiger partial charge is 0.318 e. The third-order valence-electron chi connectivity index (χ3n) is 2.97. The number of nitrogens with one attached hydrogen (secondary N) is 1. The van der Waals surface area contributed by atoms with Crippen LogP contribution in [0.3, 0.4) is 0 Å². The van der Waals surface area contributed by atoms with E-state index < -0.39 is 29.6 Å². The van der Waals surface area contributed by atoms with E-state index >= 15 is 0 Å². The fourth-order valence-corrected chi connectivity index (χ4v) is 1.99. The van der Waals surface area contributed by atoms with Crippen LogP contribution in [0.15, 0.2) is 18.2 Å². The van der Waals surface area contributed by atoms with E-state index in [9.17, 15) is 18.8 Å². The number of rotatable bonds is 1. The summed E-state index contributed by atoms with van der Waals surface area (Å²) in [6.45, 7) is 2.98. The third-order valence-corrected chi connectivity index (χ3v) is 2.97. The number of benzene rings is 1. The molecule has 1 N–H and O–H groups in total. The van der Waals surface area contributed by atoms with Gasteiger partial charge in [-0.25, -0.2) is 4.39 Å². The van der Waals surface area contributed by atoms with Crippen molar-refractivity contribution in [1.82, 2.24) is 10.2 Å². The van der Waals surface area contributed by atoms with E-state index in [1.807, 2.05) is 0 Å². The van der Waals surface area contributed by atoms with Crippen LogP contribution in [0.5, 0.6) is 0 Å². The van der Waals surface area contributed by atoms with Crippen LogP contribution in [0.25, 0.3) is 0 Å². The van der Waals surface area contributed by atoms with Gasteiger partial charge in [0.25, 0.3) is 5.91 Å². The van der Waals surface area contributed by atoms with Gasteiger partial charge < -0.3 is 4.90 Å². The topological polar surface area (TPSA) is 66.5 Å². The molecule has 1 aliphatic heterocycles. The molecule has 1 saturated heterocycles.